The number of nitrogen functional groups attached to an aromatic ring is 1. The van der Waals surface area contributed by atoms with Crippen LogP contribution in [0.15, 0.2) is 12.7 Å². The molecule has 4 heterocycles. The Kier molecular flexibility index (Phi) is 2.97. The zero-order chi connectivity index (χ0) is 16.4. The molecular formula is C15H21N5O3. The first-order valence-corrected chi connectivity index (χ1v) is 7.71. The van der Waals surface area contributed by atoms with Crippen molar-refractivity contribution >= 4 is 17.0 Å². The lowest BCUT2D eigenvalue weighted by molar-refractivity contribution is -0.182. The second-order valence-corrected chi connectivity index (χ2v) is 7.61. The lowest BCUT2D eigenvalue weighted by atomic mass is 9.80. The van der Waals surface area contributed by atoms with Gasteiger partial charge in [-0.05, 0) is 11.8 Å². The van der Waals surface area contributed by atoms with Crippen LogP contribution in [0.1, 0.15) is 33.4 Å². The van der Waals surface area contributed by atoms with E-state index in [4.69, 9.17) is 15.2 Å². The number of hydrogen-bond acceptors (Lipinski definition) is 7. The Morgan fingerprint density at radius 1 is 1.39 bits per heavy atom. The van der Waals surface area contributed by atoms with Gasteiger partial charge in [-0.15, -0.1) is 0 Å². The molecule has 2 saturated heterocycles. The van der Waals surface area contributed by atoms with E-state index in [1.807, 2.05) is 0 Å². The number of aliphatic hydroxyl groups is 1. The molecule has 124 valence electrons. The Balaban J connectivity index is 1.73. The van der Waals surface area contributed by atoms with Crippen LogP contribution in [-0.2, 0) is 9.47 Å². The van der Waals surface area contributed by atoms with E-state index in [9.17, 15) is 5.11 Å². The van der Waals surface area contributed by atoms with E-state index < -0.39 is 24.0 Å². The van der Waals surface area contributed by atoms with Crippen molar-refractivity contribution in [1.82, 2.24) is 19.5 Å². The van der Waals surface area contributed by atoms with Crippen molar-refractivity contribution in [2.24, 2.45) is 5.41 Å². The van der Waals surface area contributed by atoms with Crippen LogP contribution in [0.2, 0.25) is 0 Å². The van der Waals surface area contributed by atoms with Crippen LogP contribution < -0.4 is 5.73 Å². The minimum absolute atomic E-state index is 0.0116. The molecule has 2 aliphatic heterocycles. The van der Waals surface area contributed by atoms with E-state index >= 15 is 0 Å². The van der Waals surface area contributed by atoms with Crippen molar-refractivity contribution in [3.63, 3.8) is 0 Å². The predicted octanol–water partition coefficient (Wildman–Crippen LogP) is 0.872. The minimum atomic E-state index is -0.692. The van der Waals surface area contributed by atoms with E-state index in [1.165, 1.54) is 6.33 Å². The summed E-state index contributed by atoms with van der Waals surface area (Å²) in [7, 11) is 0. The van der Waals surface area contributed by atoms with Crippen LogP contribution >= 0.6 is 0 Å². The molecule has 8 heteroatoms. The topological polar surface area (TPSA) is 108 Å². The van der Waals surface area contributed by atoms with Gasteiger partial charge in [0, 0.05) is 0 Å². The van der Waals surface area contributed by atoms with Gasteiger partial charge in [0.05, 0.1) is 12.9 Å². The number of rotatable bonds is 2. The van der Waals surface area contributed by atoms with Gasteiger partial charge in [-0.3, -0.25) is 4.57 Å². The van der Waals surface area contributed by atoms with Gasteiger partial charge in [-0.1, -0.05) is 20.8 Å². The quantitative estimate of drug-likeness (QED) is 0.845. The van der Waals surface area contributed by atoms with E-state index in [1.54, 1.807) is 10.9 Å². The molecule has 8 nitrogen and oxygen atoms in total. The van der Waals surface area contributed by atoms with Crippen molar-refractivity contribution in [3.05, 3.63) is 12.7 Å². The SMILES string of the molecule is CC(C)(C)C[C@]12COC(C(n3cnc4c(N)ncnc43)O1)C2O. The van der Waals surface area contributed by atoms with Crippen molar-refractivity contribution in [1.29, 1.82) is 0 Å². The third-order valence-electron chi connectivity index (χ3n) is 4.50. The second-order valence-electron chi connectivity index (χ2n) is 7.61. The summed E-state index contributed by atoms with van der Waals surface area (Å²) in [6.45, 7) is 6.77. The normalized spacial score (nSPS) is 33.7. The monoisotopic (exact) mass is 319 g/mol. The summed E-state index contributed by atoms with van der Waals surface area (Å²) in [4.78, 5) is 12.5. The van der Waals surface area contributed by atoms with Crippen molar-refractivity contribution < 1.29 is 14.6 Å². The first-order chi connectivity index (χ1) is 10.8. The average Bonchev–Trinajstić information content (AvgIpc) is 3.08. The highest BCUT2D eigenvalue weighted by molar-refractivity contribution is 5.81. The smallest absolute Gasteiger partial charge is 0.167 e. The largest absolute Gasteiger partial charge is 0.387 e. The van der Waals surface area contributed by atoms with Crippen LogP contribution in [0, 0.1) is 5.41 Å². The number of ether oxygens (including phenoxy) is 2. The first kappa shape index (κ1) is 14.8. The van der Waals surface area contributed by atoms with Gasteiger partial charge in [0.1, 0.15) is 29.7 Å². The Bertz CT molecular complexity index is 755. The number of aromatic nitrogens is 4. The highest BCUT2D eigenvalue weighted by Gasteiger charge is 2.62. The van der Waals surface area contributed by atoms with Crippen LogP contribution in [-0.4, -0.2) is 49.0 Å². The van der Waals surface area contributed by atoms with Gasteiger partial charge >= 0.3 is 0 Å². The third-order valence-corrected chi connectivity index (χ3v) is 4.50. The van der Waals surface area contributed by atoms with E-state index in [2.05, 4.69) is 35.7 Å². The van der Waals surface area contributed by atoms with Crippen LogP contribution in [0.25, 0.3) is 11.2 Å². The molecule has 2 aromatic rings. The second kappa shape index (κ2) is 4.62. The molecule has 3 N–H and O–H groups in total. The van der Waals surface area contributed by atoms with Gasteiger partial charge in [0.2, 0.25) is 0 Å². The molecule has 0 amide bonds. The van der Waals surface area contributed by atoms with E-state index in [-0.39, 0.29) is 5.41 Å². The minimum Gasteiger partial charge on any atom is -0.387 e. The molecule has 2 aliphatic rings. The van der Waals surface area contributed by atoms with Crippen molar-refractivity contribution in [2.45, 2.75) is 51.2 Å². The standard InChI is InChI=1S/C15H21N5O3/c1-14(2,3)4-15-5-22-9(10(15)21)13(23-15)20-7-19-8-11(16)17-6-18-12(8)20/h6-7,9-10,13,21H,4-5H2,1-3H3,(H2,16,17,18)/t9?,10?,13?,15-/m1/s1. The van der Waals surface area contributed by atoms with Crippen LogP contribution in [0.4, 0.5) is 5.82 Å². The highest BCUT2D eigenvalue weighted by Crippen LogP contribution is 2.50. The average molecular weight is 319 g/mol. The number of aliphatic hydroxyl groups excluding tert-OH is 1. The molecule has 4 rings (SSSR count). The molecule has 0 aromatic carbocycles. The fraction of sp³-hybridized carbons (Fsp3) is 0.667. The Morgan fingerprint density at radius 3 is 2.91 bits per heavy atom. The summed E-state index contributed by atoms with van der Waals surface area (Å²) in [5.41, 5.74) is 6.26. The van der Waals surface area contributed by atoms with Crippen LogP contribution in [0.5, 0.6) is 0 Å². The summed E-state index contributed by atoms with van der Waals surface area (Å²) in [5, 5.41) is 10.7. The van der Waals surface area contributed by atoms with Crippen molar-refractivity contribution in [2.75, 3.05) is 12.3 Å². The Hall–Kier alpha value is -1.77. The van der Waals surface area contributed by atoms with E-state index in [0.717, 1.165) is 0 Å². The molecule has 23 heavy (non-hydrogen) atoms. The van der Waals surface area contributed by atoms with Gasteiger partial charge in [-0.2, -0.15) is 0 Å². The van der Waals surface area contributed by atoms with Crippen LogP contribution in [0.3, 0.4) is 0 Å². The Morgan fingerprint density at radius 2 is 2.17 bits per heavy atom. The third kappa shape index (κ3) is 2.13. The Labute approximate surface area is 133 Å². The summed E-state index contributed by atoms with van der Waals surface area (Å²) in [6.07, 6.45) is 2.13. The lowest BCUT2D eigenvalue weighted by Crippen LogP contribution is -2.43. The molecule has 4 atom stereocenters. The zero-order valence-corrected chi connectivity index (χ0v) is 13.4. The number of imidazole rings is 1. The summed E-state index contributed by atoms with van der Waals surface area (Å²) >= 11 is 0. The maximum Gasteiger partial charge on any atom is 0.167 e. The molecule has 3 unspecified atom stereocenters. The molecule has 0 radical (unpaired) electrons. The summed E-state index contributed by atoms with van der Waals surface area (Å²) < 4.78 is 13.9. The number of nitrogens with two attached hydrogens (primary N) is 1. The van der Waals surface area contributed by atoms with Gasteiger partial charge in [0.25, 0.3) is 0 Å². The molecule has 0 saturated carbocycles. The molecule has 2 fully saturated rings. The van der Waals surface area contributed by atoms with Gasteiger partial charge in [0.15, 0.2) is 17.7 Å². The number of fused-ring (bicyclic) bond motifs is 3. The summed E-state index contributed by atoms with van der Waals surface area (Å²) in [6, 6.07) is 0. The zero-order valence-electron chi connectivity index (χ0n) is 13.4. The predicted molar refractivity (Wildman–Crippen MR) is 82.4 cm³/mol. The number of nitrogens with zero attached hydrogens (tertiary/aromatic N) is 4. The van der Waals surface area contributed by atoms with Crippen molar-refractivity contribution in [3.8, 4) is 0 Å². The molecule has 0 aliphatic carbocycles. The first-order valence-electron chi connectivity index (χ1n) is 7.71. The fourth-order valence-electron chi connectivity index (χ4n) is 3.73. The summed E-state index contributed by atoms with van der Waals surface area (Å²) in [5.74, 6) is 0.322. The van der Waals surface area contributed by atoms with Gasteiger partial charge in [-0.25, -0.2) is 15.0 Å². The van der Waals surface area contributed by atoms with Gasteiger partial charge < -0.3 is 20.3 Å². The maximum atomic E-state index is 10.7. The number of hydrogen-bond donors (Lipinski definition) is 2. The highest BCUT2D eigenvalue weighted by atomic mass is 16.6. The number of anilines is 1. The fourth-order valence-corrected chi connectivity index (χ4v) is 3.73. The molecular weight excluding hydrogens is 298 g/mol. The molecule has 0 spiro atoms. The molecule has 2 bridgehead atoms. The van der Waals surface area contributed by atoms with E-state index in [0.29, 0.717) is 30.0 Å². The maximum absolute atomic E-state index is 10.7. The molecule has 2 aromatic heterocycles. The lowest BCUT2D eigenvalue weighted by Gasteiger charge is -2.35.